The number of hydrogen-bond donors (Lipinski definition) is 2. The molecule has 0 fully saturated rings. The number of fused-ring (bicyclic) bond motifs is 1. The van der Waals surface area contributed by atoms with Crippen molar-refractivity contribution in [1.82, 2.24) is 15.3 Å². The number of carbonyl (C=O) groups excluding carboxylic acids is 1. The minimum Gasteiger partial charge on any atom is -0.491 e. The highest BCUT2D eigenvalue weighted by molar-refractivity contribution is 9.10. The van der Waals surface area contributed by atoms with Gasteiger partial charge in [-0.25, -0.2) is 4.39 Å². The number of nitrogens with one attached hydrogen (secondary N) is 2. The number of amides is 1. The van der Waals surface area contributed by atoms with Crippen molar-refractivity contribution in [2.45, 2.75) is 18.3 Å². The SMILES string of the molecule is O=C(N[C@]1(c2ccc(OC(F)(F)F)c(F)c2)CCOc2cccnc21)c1cc(Br)c[nH]1. The Morgan fingerprint density at radius 1 is 1.29 bits per heavy atom. The summed E-state index contributed by atoms with van der Waals surface area (Å²) in [4.78, 5) is 20.1. The molecule has 1 aromatic carbocycles. The van der Waals surface area contributed by atoms with Crippen molar-refractivity contribution in [3.63, 3.8) is 0 Å². The van der Waals surface area contributed by atoms with E-state index in [-0.39, 0.29) is 24.3 Å². The second-order valence-electron chi connectivity index (χ2n) is 6.73. The standard InChI is InChI=1S/C20H14BrF4N3O3/c21-12-9-14(27-10-12)18(29)28-19(5-7-30-16-2-1-6-26-17(16)19)11-3-4-15(13(22)8-11)31-20(23,24)25/h1-4,6,8-10,27H,5,7H2,(H,28,29)/t19-/m0/s1. The van der Waals surface area contributed by atoms with Crippen LogP contribution in [0.1, 0.15) is 28.2 Å². The molecule has 0 spiro atoms. The van der Waals surface area contributed by atoms with E-state index in [9.17, 15) is 22.4 Å². The summed E-state index contributed by atoms with van der Waals surface area (Å²) in [5.74, 6) is -2.34. The van der Waals surface area contributed by atoms with E-state index in [1.807, 2.05) is 0 Å². The number of alkyl halides is 3. The van der Waals surface area contributed by atoms with E-state index in [0.717, 1.165) is 12.1 Å². The molecular formula is C20H14BrF4N3O3. The fourth-order valence-electron chi connectivity index (χ4n) is 3.47. The molecule has 1 amide bonds. The highest BCUT2D eigenvalue weighted by Crippen LogP contribution is 2.42. The number of aromatic nitrogens is 2. The second-order valence-corrected chi connectivity index (χ2v) is 7.65. The summed E-state index contributed by atoms with van der Waals surface area (Å²) < 4.78 is 62.1. The first-order chi connectivity index (χ1) is 14.7. The van der Waals surface area contributed by atoms with Crippen molar-refractivity contribution in [2.24, 2.45) is 0 Å². The summed E-state index contributed by atoms with van der Waals surface area (Å²) in [5, 5.41) is 2.87. The Bertz CT molecular complexity index is 1130. The maximum atomic E-state index is 14.5. The molecule has 3 aromatic rings. The Morgan fingerprint density at radius 3 is 2.77 bits per heavy atom. The minimum absolute atomic E-state index is 0.163. The second kappa shape index (κ2) is 7.88. The van der Waals surface area contributed by atoms with Crippen molar-refractivity contribution >= 4 is 21.8 Å². The van der Waals surface area contributed by atoms with Crippen molar-refractivity contribution in [3.05, 3.63) is 76.0 Å². The van der Waals surface area contributed by atoms with Gasteiger partial charge in [-0.3, -0.25) is 9.78 Å². The number of benzene rings is 1. The van der Waals surface area contributed by atoms with Gasteiger partial charge in [0.05, 0.1) is 6.61 Å². The molecule has 0 saturated heterocycles. The number of hydrogen-bond acceptors (Lipinski definition) is 4. The number of ether oxygens (including phenoxy) is 2. The first-order valence-corrected chi connectivity index (χ1v) is 9.78. The molecule has 2 N–H and O–H groups in total. The molecule has 0 unspecified atom stereocenters. The molecule has 0 aliphatic carbocycles. The lowest BCUT2D eigenvalue weighted by atomic mass is 9.81. The molecule has 0 radical (unpaired) electrons. The predicted molar refractivity (Wildman–Crippen MR) is 104 cm³/mol. The Labute approximate surface area is 181 Å². The molecule has 0 bridgehead atoms. The predicted octanol–water partition coefficient (Wildman–Crippen LogP) is 4.67. The summed E-state index contributed by atoms with van der Waals surface area (Å²) in [6, 6.07) is 7.87. The smallest absolute Gasteiger partial charge is 0.491 e. The monoisotopic (exact) mass is 499 g/mol. The maximum absolute atomic E-state index is 14.5. The zero-order valence-corrected chi connectivity index (χ0v) is 17.2. The van der Waals surface area contributed by atoms with Gasteiger partial charge < -0.3 is 19.8 Å². The van der Waals surface area contributed by atoms with Gasteiger partial charge in [0.1, 0.15) is 22.7 Å². The van der Waals surface area contributed by atoms with Crippen LogP contribution in [0.15, 0.2) is 53.3 Å². The maximum Gasteiger partial charge on any atom is 0.573 e. The molecule has 1 aliphatic rings. The third kappa shape index (κ3) is 4.22. The zero-order valence-electron chi connectivity index (χ0n) is 15.6. The Balaban J connectivity index is 1.81. The van der Waals surface area contributed by atoms with Crippen LogP contribution in [-0.2, 0) is 5.54 Å². The Morgan fingerprint density at radius 2 is 2.10 bits per heavy atom. The van der Waals surface area contributed by atoms with Crippen molar-refractivity contribution < 1.29 is 31.8 Å². The molecular weight excluding hydrogens is 486 g/mol. The van der Waals surface area contributed by atoms with Crippen LogP contribution in [0.4, 0.5) is 17.6 Å². The highest BCUT2D eigenvalue weighted by Gasteiger charge is 2.43. The summed E-state index contributed by atoms with van der Waals surface area (Å²) in [6.07, 6.45) is -1.82. The van der Waals surface area contributed by atoms with Crippen molar-refractivity contribution in [1.29, 1.82) is 0 Å². The van der Waals surface area contributed by atoms with Gasteiger partial charge in [0, 0.05) is 23.3 Å². The largest absolute Gasteiger partial charge is 0.573 e. The van der Waals surface area contributed by atoms with Gasteiger partial charge >= 0.3 is 6.36 Å². The van der Waals surface area contributed by atoms with Gasteiger partial charge in [-0.2, -0.15) is 0 Å². The quantitative estimate of drug-likeness (QED) is 0.511. The van der Waals surface area contributed by atoms with Gasteiger partial charge in [0.15, 0.2) is 11.6 Å². The fourth-order valence-corrected chi connectivity index (χ4v) is 3.81. The minimum atomic E-state index is -5.04. The van der Waals surface area contributed by atoms with Crippen LogP contribution in [-0.4, -0.2) is 28.8 Å². The average Bonchev–Trinajstić information content (AvgIpc) is 3.15. The molecule has 11 heteroatoms. The van der Waals surface area contributed by atoms with Gasteiger partial charge in [-0.1, -0.05) is 6.07 Å². The van der Waals surface area contributed by atoms with Crippen LogP contribution in [0.2, 0.25) is 0 Å². The molecule has 3 heterocycles. The number of H-pyrrole nitrogens is 1. The summed E-state index contributed by atoms with van der Waals surface area (Å²) in [7, 11) is 0. The van der Waals surface area contributed by atoms with E-state index < -0.39 is 29.4 Å². The number of carbonyl (C=O) groups is 1. The van der Waals surface area contributed by atoms with Crippen LogP contribution in [0.3, 0.4) is 0 Å². The first kappa shape index (κ1) is 21.2. The van der Waals surface area contributed by atoms with Crippen molar-refractivity contribution in [2.75, 3.05) is 6.61 Å². The molecule has 1 aliphatic heterocycles. The van der Waals surface area contributed by atoms with Gasteiger partial charge in [0.2, 0.25) is 0 Å². The lowest BCUT2D eigenvalue weighted by Gasteiger charge is -2.39. The number of rotatable bonds is 4. The topological polar surface area (TPSA) is 76.2 Å². The van der Waals surface area contributed by atoms with E-state index in [1.165, 1.54) is 12.3 Å². The van der Waals surface area contributed by atoms with E-state index in [2.05, 4.69) is 36.0 Å². The summed E-state index contributed by atoms with van der Waals surface area (Å²) >= 11 is 3.25. The van der Waals surface area contributed by atoms with Crippen LogP contribution in [0, 0.1) is 5.82 Å². The van der Waals surface area contributed by atoms with E-state index in [4.69, 9.17) is 4.74 Å². The highest BCUT2D eigenvalue weighted by atomic mass is 79.9. The lowest BCUT2D eigenvalue weighted by molar-refractivity contribution is -0.275. The first-order valence-electron chi connectivity index (χ1n) is 8.98. The molecule has 31 heavy (non-hydrogen) atoms. The molecule has 162 valence electrons. The van der Waals surface area contributed by atoms with Gasteiger partial charge in [0.25, 0.3) is 5.91 Å². The third-order valence-corrected chi connectivity index (χ3v) is 5.24. The Kier molecular flexibility index (Phi) is 5.38. The summed E-state index contributed by atoms with van der Waals surface area (Å²) in [5.41, 5.74) is -0.611. The van der Waals surface area contributed by atoms with E-state index >= 15 is 0 Å². The van der Waals surface area contributed by atoms with Gasteiger partial charge in [-0.15, -0.1) is 13.2 Å². The average molecular weight is 500 g/mol. The fraction of sp³-hybridized carbons (Fsp3) is 0.200. The third-order valence-electron chi connectivity index (χ3n) is 4.78. The molecule has 4 rings (SSSR count). The normalized spacial score (nSPS) is 18.1. The van der Waals surface area contributed by atoms with Crippen LogP contribution < -0.4 is 14.8 Å². The molecule has 2 aromatic heterocycles. The zero-order chi connectivity index (χ0) is 22.2. The molecule has 1 atom stereocenters. The molecule has 6 nitrogen and oxygen atoms in total. The summed E-state index contributed by atoms with van der Waals surface area (Å²) in [6.45, 7) is 0.163. The van der Waals surface area contributed by atoms with E-state index in [1.54, 1.807) is 24.4 Å². The van der Waals surface area contributed by atoms with Crippen LogP contribution in [0.5, 0.6) is 11.5 Å². The number of pyridine rings is 1. The van der Waals surface area contributed by atoms with E-state index in [0.29, 0.717) is 15.9 Å². The number of halogens is 5. The Hall–Kier alpha value is -3.08. The number of aromatic amines is 1. The van der Waals surface area contributed by atoms with Crippen LogP contribution in [0.25, 0.3) is 0 Å². The van der Waals surface area contributed by atoms with Crippen LogP contribution >= 0.6 is 15.9 Å². The molecule has 0 saturated carbocycles. The van der Waals surface area contributed by atoms with Gasteiger partial charge in [-0.05, 0) is 51.8 Å². The number of nitrogens with zero attached hydrogens (tertiary/aromatic N) is 1. The lowest BCUT2D eigenvalue weighted by Crippen LogP contribution is -2.50. The van der Waals surface area contributed by atoms with Crippen molar-refractivity contribution in [3.8, 4) is 11.5 Å².